The van der Waals surface area contributed by atoms with Crippen LogP contribution in [-0.2, 0) is 0 Å². The van der Waals surface area contributed by atoms with Crippen LogP contribution in [0.2, 0.25) is 0 Å². The number of hydrogen-bond acceptors (Lipinski definition) is 1. The lowest BCUT2D eigenvalue weighted by Gasteiger charge is -1.80. The molecule has 0 heterocycles. The fraction of sp³-hybridized carbons (Fsp3) is 1.00. The number of alkyl halides is 2. The molecular formula is C3H7Br2N. The van der Waals surface area contributed by atoms with Gasteiger partial charge in [0.05, 0.1) is 3.23 Å². The molecule has 0 aromatic carbocycles. The topological polar surface area (TPSA) is 35.0 Å². The lowest BCUT2D eigenvalue weighted by atomic mass is 11.0. The third kappa shape index (κ3) is 2.16. The quantitative estimate of drug-likeness (QED) is 0.621. The molecule has 0 spiro atoms. The lowest BCUT2D eigenvalue weighted by molar-refractivity contribution is 1.48. The molecule has 0 amide bonds. The third-order valence-corrected chi connectivity index (χ3v) is 2.21. The molecular weight excluding hydrogens is 210 g/mol. The molecule has 38 valence electrons. The minimum atomic E-state index is 0. The first-order chi connectivity index (χ1) is 2.21. The molecule has 1 saturated carbocycles. The van der Waals surface area contributed by atoms with Gasteiger partial charge in [0.1, 0.15) is 0 Å². The maximum absolute atomic E-state index is 3.40. The molecule has 0 aliphatic heterocycles. The van der Waals surface area contributed by atoms with E-state index in [0.29, 0.717) is 3.23 Å². The van der Waals surface area contributed by atoms with E-state index in [0.717, 1.165) is 0 Å². The maximum atomic E-state index is 3.40. The van der Waals surface area contributed by atoms with Gasteiger partial charge in [-0.05, 0) is 12.8 Å². The van der Waals surface area contributed by atoms with Gasteiger partial charge in [-0.2, -0.15) is 0 Å². The number of rotatable bonds is 0. The molecule has 1 fully saturated rings. The van der Waals surface area contributed by atoms with Crippen LogP contribution in [0.4, 0.5) is 0 Å². The van der Waals surface area contributed by atoms with Crippen LogP contribution in [0, 0.1) is 0 Å². The van der Waals surface area contributed by atoms with Gasteiger partial charge >= 0.3 is 0 Å². The van der Waals surface area contributed by atoms with Gasteiger partial charge in [0.2, 0.25) is 0 Å². The number of hydrogen-bond donors (Lipinski definition) is 1. The molecule has 0 saturated heterocycles. The summed E-state index contributed by atoms with van der Waals surface area (Å²) in [4.78, 5) is 0. The van der Waals surface area contributed by atoms with Crippen LogP contribution in [0.3, 0.4) is 0 Å². The van der Waals surface area contributed by atoms with Crippen molar-refractivity contribution in [1.82, 2.24) is 6.15 Å². The molecule has 0 atom stereocenters. The van der Waals surface area contributed by atoms with Crippen LogP contribution < -0.4 is 6.15 Å². The molecule has 0 aromatic rings. The van der Waals surface area contributed by atoms with Crippen molar-refractivity contribution in [3.8, 4) is 0 Å². The van der Waals surface area contributed by atoms with Crippen molar-refractivity contribution in [3.63, 3.8) is 0 Å². The Morgan fingerprint density at radius 3 is 1.33 bits per heavy atom. The van der Waals surface area contributed by atoms with Gasteiger partial charge in [0, 0.05) is 0 Å². The normalized spacial score (nSPS) is 25.0. The monoisotopic (exact) mass is 215 g/mol. The molecule has 1 aliphatic carbocycles. The van der Waals surface area contributed by atoms with Crippen molar-refractivity contribution in [3.05, 3.63) is 0 Å². The molecule has 1 aliphatic rings. The first kappa shape index (κ1) is 6.92. The van der Waals surface area contributed by atoms with Crippen LogP contribution in [0.25, 0.3) is 0 Å². The van der Waals surface area contributed by atoms with E-state index in [4.69, 9.17) is 0 Å². The average molecular weight is 217 g/mol. The second-order valence-electron chi connectivity index (χ2n) is 1.36. The van der Waals surface area contributed by atoms with Crippen LogP contribution in [0.15, 0.2) is 0 Å². The fourth-order valence-electron chi connectivity index (χ4n) is 0.0945. The zero-order valence-electron chi connectivity index (χ0n) is 3.38. The summed E-state index contributed by atoms with van der Waals surface area (Å²) in [5, 5.41) is 0. The van der Waals surface area contributed by atoms with Crippen LogP contribution in [-0.4, -0.2) is 3.23 Å². The largest absolute Gasteiger partial charge is 0.344 e. The molecule has 0 unspecified atom stereocenters. The van der Waals surface area contributed by atoms with Gasteiger partial charge in [-0.25, -0.2) is 0 Å². The maximum Gasteiger partial charge on any atom is 0.0807 e. The second-order valence-corrected chi connectivity index (χ2v) is 5.46. The molecule has 3 heteroatoms. The Labute approximate surface area is 54.3 Å². The highest BCUT2D eigenvalue weighted by molar-refractivity contribution is 9.25. The second kappa shape index (κ2) is 1.80. The van der Waals surface area contributed by atoms with Crippen molar-refractivity contribution in [2.45, 2.75) is 16.1 Å². The molecule has 6 heavy (non-hydrogen) atoms. The highest BCUT2D eigenvalue weighted by Gasteiger charge is 2.36. The van der Waals surface area contributed by atoms with E-state index in [-0.39, 0.29) is 6.15 Å². The van der Waals surface area contributed by atoms with Crippen molar-refractivity contribution in [2.24, 2.45) is 0 Å². The Kier molecular flexibility index (Phi) is 2.08. The van der Waals surface area contributed by atoms with Crippen molar-refractivity contribution < 1.29 is 0 Å². The predicted molar refractivity (Wildman–Crippen MR) is 34.8 cm³/mol. The minimum absolute atomic E-state index is 0. The molecule has 1 rings (SSSR count). The van der Waals surface area contributed by atoms with E-state index in [2.05, 4.69) is 31.9 Å². The summed E-state index contributed by atoms with van der Waals surface area (Å²) in [5.74, 6) is 0. The van der Waals surface area contributed by atoms with Gasteiger partial charge in [-0.1, -0.05) is 31.9 Å². The van der Waals surface area contributed by atoms with Gasteiger partial charge in [-0.3, -0.25) is 0 Å². The first-order valence-corrected chi connectivity index (χ1v) is 3.17. The van der Waals surface area contributed by atoms with E-state index in [1.54, 1.807) is 0 Å². The van der Waals surface area contributed by atoms with E-state index in [1.807, 2.05) is 0 Å². The average Bonchev–Trinajstić information content (AvgIpc) is 1.76. The van der Waals surface area contributed by atoms with E-state index < -0.39 is 0 Å². The highest BCUT2D eigenvalue weighted by atomic mass is 79.9. The summed E-state index contributed by atoms with van der Waals surface area (Å²) in [5.41, 5.74) is 0. The van der Waals surface area contributed by atoms with E-state index in [9.17, 15) is 0 Å². The summed E-state index contributed by atoms with van der Waals surface area (Å²) in [6, 6.07) is 0. The molecule has 0 aromatic heterocycles. The van der Waals surface area contributed by atoms with Gasteiger partial charge in [0.15, 0.2) is 0 Å². The fourth-order valence-corrected chi connectivity index (χ4v) is 0.491. The summed E-state index contributed by atoms with van der Waals surface area (Å²) < 4.78 is 0.375. The Hall–Kier alpha value is 0.920. The van der Waals surface area contributed by atoms with E-state index >= 15 is 0 Å². The summed E-state index contributed by atoms with van der Waals surface area (Å²) >= 11 is 6.81. The SMILES string of the molecule is BrC1(Br)CC1.N. The van der Waals surface area contributed by atoms with Crippen molar-refractivity contribution in [2.75, 3.05) is 0 Å². The molecule has 0 radical (unpaired) electrons. The predicted octanol–water partition coefficient (Wildman–Crippen LogP) is 2.43. The Balaban J connectivity index is 0.000000250. The van der Waals surface area contributed by atoms with Crippen LogP contribution in [0.5, 0.6) is 0 Å². The minimum Gasteiger partial charge on any atom is -0.344 e. The Morgan fingerprint density at radius 1 is 1.17 bits per heavy atom. The smallest absolute Gasteiger partial charge is 0.0807 e. The van der Waals surface area contributed by atoms with Gasteiger partial charge in [0.25, 0.3) is 0 Å². The Bertz CT molecular complexity index is 46.8. The van der Waals surface area contributed by atoms with Gasteiger partial charge < -0.3 is 6.15 Å². The Morgan fingerprint density at radius 2 is 1.33 bits per heavy atom. The molecule has 3 N–H and O–H groups in total. The van der Waals surface area contributed by atoms with Crippen molar-refractivity contribution >= 4 is 31.9 Å². The third-order valence-electron chi connectivity index (χ3n) is 0.628. The zero-order valence-corrected chi connectivity index (χ0v) is 6.55. The summed E-state index contributed by atoms with van der Waals surface area (Å²) in [7, 11) is 0. The molecule has 0 bridgehead atoms. The standard InChI is InChI=1S/C3H4Br2.H3N/c4-3(5)1-2-3;/h1-2H2;1H3. The summed E-state index contributed by atoms with van der Waals surface area (Å²) in [6.45, 7) is 0. The van der Waals surface area contributed by atoms with Gasteiger partial charge in [-0.15, -0.1) is 0 Å². The van der Waals surface area contributed by atoms with Crippen molar-refractivity contribution in [1.29, 1.82) is 0 Å². The zero-order chi connectivity index (χ0) is 3.91. The lowest BCUT2D eigenvalue weighted by Crippen LogP contribution is -1.70. The first-order valence-electron chi connectivity index (χ1n) is 1.59. The molecule has 1 nitrogen and oxygen atoms in total. The highest BCUT2D eigenvalue weighted by Crippen LogP contribution is 2.49. The number of halogens is 2. The van der Waals surface area contributed by atoms with Crippen LogP contribution >= 0.6 is 31.9 Å². The summed E-state index contributed by atoms with van der Waals surface area (Å²) in [6.07, 6.45) is 2.57. The van der Waals surface area contributed by atoms with E-state index in [1.165, 1.54) is 12.8 Å². The van der Waals surface area contributed by atoms with Crippen LogP contribution in [0.1, 0.15) is 12.8 Å².